The molecule has 1 unspecified atom stereocenters. The standard InChI is InChI=1S/C13H14F2N2O3.ClH/c14-13(15)19-10-4-3-9(6-11(10)20-13)17-12(18)8-2-1-5-16-7-8;/h3-4,6,8,16H,1-2,5,7H2,(H,17,18);1H. The van der Waals surface area contributed by atoms with Gasteiger partial charge < -0.3 is 20.1 Å². The van der Waals surface area contributed by atoms with Crippen molar-refractivity contribution in [2.75, 3.05) is 18.4 Å². The van der Waals surface area contributed by atoms with E-state index in [-0.39, 0.29) is 35.7 Å². The monoisotopic (exact) mass is 320 g/mol. The molecular weight excluding hydrogens is 306 g/mol. The van der Waals surface area contributed by atoms with E-state index in [0.717, 1.165) is 19.4 Å². The van der Waals surface area contributed by atoms with Crippen molar-refractivity contribution in [3.8, 4) is 11.5 Å². The van der Waals surface area contributed by atoms with Gasteiger partial charge in [-0.1, -0.05) is 0 Å². The first-order valence-electron chi connectivity index (χ1n) is 6.45. The molecule has 0 radical (unpaired) electrons. The van der Waals surface area contributed by atoms with Gasteiger partial charge in [-0.05, 0) is 31.5 Å². The molecule has 2 aliphatic rings. The molecule has 1 aromatic rings. The van der Waals surface area contributed by atoms with Gasteiger partial charge in [0.15, 0.2) is 11.5 Å². The van der Waals surface area contributed by atoms with Crippen LogP contribution in [-0.2, 0) is 4.79 Å². The van der Waals surface area contributed by atoms with Gasteiger partial charge in [-0.15, -0.1) is 21.2 Å². The normalized spacial score (nSPS) is 22.3. The molecule has 1 atom stereocenters. The van der Waals surface area contributed by atoms with Gasteiger partial charge in [-0.3, -0.25) is 4.79 Å². The van der Waals surface area contributed by atoms with Gasteiger partial charge in [-0.25, -0.2) is 0 Å². The number of ether oxygens (including phenoxy) is 2. The number of piperidine rings is 1. The highest BCUT2D eigenvalue weighted by molar-refractivity contribution is 5.93. The molecule has 1 amide bonds. The number of halogens is 3. The summed E-state index contributed by atoms with van der Waals surface area (Å²) in [7, 11) is 0. The Morgan fingerprint density at radius 1 is 1.33 bits per heavy atom. The smallest absolute Gasteiger partial charge is 0.395 e. The van der Waals surface area contributed by atoms with Crippen LogP contribution >= 0.6 is 12.4 Å². The molecular formula is C13H15ClF2N2O3. The van der Waals surface area contributed by atoms with Crippen LogP contribution in [0, 0.1) is 5.92 Å². The fourth-order valence-electron chi connectivity index (χ4n) is 2.35. The van der Waals surface area contributed by atoms with E-state index in [1.165, 1.54) is 18.2 Å². The fraction of sp³-hybridized carbons (Fsp3) is 0.462. The summed E-state index contributed by atoms with van der Waals surface area (Å²) in [6.45, 7) is 1.55. The van der Waals surface area contributed by atoms with Crippen molar-refractivity contribution >= 4 is 24.0 Å². The summed E-state index contributed by atoms with van der Waals surface area (Å²) in [5.41, 5.74) is 0.417. The van der Waals surface area contributed by atoms with Crippen molar-refractivity contribution in [1.82, 2.24) is 5.32 Å². The lowest BCUT2D eigenvalue weighted by Gasteiger charge is -2.21. The lowest BCUT2D eigenvalue weighted by Crippen LogP contribution is -2.37. The first-order chi connectivity index (χ1) is 9.53. The molecule has 2 aliphatic heterocycles. The van der Waals surface area contributed by atoms with Crippen LogP contribution in [0.3, 0.4) is 0 Å². The second kappa shape index (κ2) is 6.03. The Morgan fingerprint density at radius 3 is 2.81 bits per heavy atom. The Balaban J connectivity index is 0.00000161. The minimum absolute atomic E-state index is 0. The SMILES string of the molecule is Cl.O=C(Nc1ccc2c(c1)OC(F)(F)O2)C1CCCNC1. The molecule has 0 spiro atoms. The van der Waals surface area contributed by atoms with Gasteiger partial charge >= 0.3 is 6.29 Å². The summed E-state index contributed by atoms with van der Waals surface area (Å²) in [4.78, 5) is 12.0. The third kappa shape index (κ3) is 3.54. The first-order valence-corrected chi connectivity index (χ1v) is 6.45. The quantitative estimate of drug-likeness (QED) is 0.878. The Hall–Kier alpha value is -1.60. The third-order valence-corrected chi connectivity index (χ3v) is 3.34. The summed E-state index contributed by atoms with van der Waals surface area (Å²) in [6.07, 6.45) is -1.87. The number of rotatable bonds is 2. The van der Waals surface area contributed by atoms with Crippen LogP contribution in [0.15, 0.2) is 18.2 Å². The van der Waals surface area contributed by atoms with Gasteiger partial charge in [0.25, 0.3) is 0 Å². The second-order valence-electron chi connectivity index (χ2n) is 4.86. The number of carbonyl (C=O) groups is 1. The molecule has 1 aromatic carbocycles. The highest BCUT2D eigenvalue weighted by Gasteiger charge is 2.43. The van der Waals surface area contributed by atoms with Crippen LogP contribution in [-0.4, -0.2) is 25.3 Å². The van der Waals surface area contributed by atoms with E-state index in [1.807, 2.05) is 0 Å². The summed E-state index contributed by atoms with van der Waals surface area (Å²) in [6, 6.07) is 4.20. The molecule has 2 N–H and O–H groups in total. The molecule has 0 aliphatic carbocycles. The van der Waals surface area contributed by atoms with Crippen molar-refractivity contribution in [2.24, 2.45) is 5.92 Å². The Kier molecular flexibility index (Phi) is 4.53. The lowest BCUT2D eigenvalue weighted by molar-refractivity contribution is -0.286. The Labute approximate surface area is 126 Å². The molecule has 5 nitrogen and oxygen atoms in total. The molecule has 8 heteroatoms. The fourth-order valence-corrected chi connectivity index (χ4v) is 2.35. The lowest BCUT2D eigenvalue weighted by atomic mass is 9.99. The number of carbonyl (C=O) groups excluding carboxylic acids is 1. The predicted molar refractivity (Wildman–Crippen MR) is 74.1 cm³/mol. The van der Waals surface area contributed by atoms with E-state index in [9.17, 15) is 13.6 Å². The van der Waals surface area contributed by atoms with Crippen LogP contribution in [0.25, 0.3) is 0 Å². The third-order valence-electron chi connectivity index (χ3n) is 3.34. The maximum atomic E-state index is 12.9. The first kappa shape index (κ1) is 15.8. The summed E-state index contributed by atoms with van der Waals surface area (Å²) in [5, 5.41) is 5.86. The summed E-state index contributed by atoms with van der Waals surface area (Å²) >= 11 is 0. The van der Waals surface area contributed by atoms with E-state index >= 15 is 0 Å². The van der Waals surface area contributed by atoms with E-state index in [2.05, 4.69) is 20.1 Å². The van der Waals surface area contributed by atoms with Gasteiger partial charge in [-0.2, -0.15) is 0 Å². The molecule has 0 saturated carbocycles. The van der Waals surface area contributed by atoms with Crippen LogP contribution < -0.4 is 20.1 Å². The number of alkyl halides is 2. The molecule has 0 aromatic heterocycles. The van der Waals surface area contributed by atoms with Gasteiger partial charge in [0.2, 0.25) is 5.91 Å². The highest BCUT2D eigenvalue weighted by Crippen LogP contribution is 2.42. The molecule has 21 heavy (non-hydrogen) atoms. The number of amides is 1. The summed E-state index contributed by atoms with van der Waals surface area (Å²) in [5.74, 6) is -0.333. The van der Waals surface area contributed by atoms with Crippen LogP contribution in [0.5, 0.6) is 11.5 Å². The number of anilines is 1. The number of benzene rings is 1. The maximum Gasteiger partial charge on any atom is 0.586 e. The van der Waals surface area contributed by atoms with Crippen LogP contribution in [0.1, 0.15) is 12.8 Å². The zero-order valence-corrected chi connectivity index (χ0v) is 11.8. The van der Waals surface area contributed by atoms with Crippen molar-refractivity contribution in [2.45, 2.75) is 19.1 Å². The topological polar surface area (TPSA) is 59.6 Å². The zero-order valence-electron chi connectivity index (χ0n) is 11.0. The number of fused-ring (bicyclic) bond motifs is 1. The van der Waals surface area contributed by atoms with Crippen molar-refractivity contribution < 1.29 is 23.0 Å². The van der Waals surface area contributed by atoms with Crippen molar-refractivity contribution in [1.29, 1.82) is 0 Å². The average molecular weight is 321 g/mol. The molecule has 2 heterocycles. The van der Waals surface area contributed by atoms with E-state index in [1.54, 1.807) is 0 Å². The van der Waals surface area contributed by atoms with E-state index in [0.29, 0.717) is 12.2 Å². The Morgan fingerprint density at radius 2 is 2.10 bits per heavy atom. The molecule has 1 fully saturated rings. The maximum absolute atomic E-state index is 12.9. The van der Waals surface area contributed by atoms with Gasteiger partial charge in [0, 0.05) is 18.3 Å². The largest absolute Gasteiger partial charge is 0.586 e. The zero-order chi connectivity index (χ0) is 14.2. The summed E-state index contributed by atoms with van der Waals surface area (Å²) < 4.78 is 34.4. The molecule has 0 bridgehead atoms. The van der Waals surface area contributed by atoms with Crippen molar-refractivity contribution in [3.63, 3.8) is 0 Å². The Bertz CT molecular complexity index is 536. The number of hydrogen-bond acceptors (Lipinski definition) is 4. The van der Waals surface area contributed by atoms with Crippen molar-refractivity contribution in [3.05, 3.63) is 18.2 Å². The second-order valence-corrected chi connectivity index (χ2v) is 4.86. The number of hydrogen-bond donors (Lipinski definition) is 2. The minimum Gasteiger partial charge on any atom is -0.395 e. The highest BCUT2D eigenvalue weighted by atomic mass is 35.5. The number of nitrogens with one attached hydrogen (secondary N) is 2. The van der Waals surface area contributed by atoms with Crippen LogP contribution in [0.4, 0.5) is 14.5 Å². The predicted octanol–water partition coefficient (Wildman–Crippen LogP) is 2.37. The molecule has 3 rings (SSSR count). The van der Waals surface area contributed by atoms with Gasteiger partial charge in [0.05, 0.1) is 5.92 Å². The van der Waals surface area contributed by atoms with Crippen LogP contribution in [0.2, 0.25) is 0 Å². The average Bonchev–Trinajstić information content (AvgIpc) is 2.73. The van der Waals surface area contributed by atoms with E-state index in [4.69, 9.17) is 0 Å². The molecule has 1 saturated heterocycles. The minimum atomic E-state index is -3.64. The van der Waals surface area contributed by atoms with E-state index < -0.39 is 6.29 Å². The molecule has 116 valence electrons. The van der Waals surface area contributed by atoms with Gasteiger partial charge in [0.1, 0.15) is 0 Å².